The molecule has 0 aromatic carbocycles. The molecule has 0 saturated carbocycles. The van der Waals surface area contributed by atoms with Crippen LogP contribution >= 0.6 is 0 Å². The lowest BCUT2D eigenvalue weighted by molar-refractivity contribution is -0.155. The molecule has 0 saturated heterocycles. The van der Waals surface area contributed by atoms with Crippen LogP contribution in [-0.4, -0.2) is 35.1 Å². The number of hydrogen-bond acceptors (Lipinski definition) is 4. The molecule has 0 aliphatic heterocycles. The van der Waals surface area contributed by atoms with Gasteiger partial charge in [-0.1, -0.05) is 0 Å². The molecular weight excluding hydrogens is 214 g/mol. The van der Waals surface area contributed by atoms with Crippen LogP contribution in [0.4, 0.5) is 0 Å². The van der Waals surface area contributed by atoms with Gasteiger partial charge in [-0.3, -0.25) is 9.59 Å². The maximum atomic E-state index is 11.2. The largest absolute Gasteiger partial charge is 0.480 e. The van der Waals surface area contributed by atoms with E-state index in [9.17, 15) is 14.4 Å². The van der Waals surface area contributed by atoms with Crippen molar-refractivity contribution in [2.75, 3.05) is 0 Å². The van der Waals surface area contributed by atoms with Gasteiger partial charge in [-0.2, -0.15) is 0 Å². The van der Waals surface area contributed by atoms with E-state index in [0.29, 0.717) is 0 Å². The molecule has 0 bridgehead atoms. The van der Waals surface area contributed by atoms with Crippen molar-refractivity contribution in [1.82, 2.24) is 5.32 Å². The number of carbonyl (C=O) groups is 2. The van der Waals surface area contributed by atoms with Crippen molar-refractivity contribution >= 4 is 18.3 Å². The second-order valence-electron chi connectivity index (χ2n) is 4.26. The number of carboxylic acids is 1. The predicted molar refractivity (Wildman–Crippen MR) is 55.3 cm³/mol. The Bertz CT molecular complexity index is 269. The van der Waals surface area contributed by atoms with Gasteiger partial charge in [0.15, 0.2) is 0 Å². The molecule has 0 aliphatic rings. The summed E-state index contributed by atoms with van der Waals surface area (Å²) in [7, 11) is 0. The van der Waals surface area contributed by atoms with Gasteiger partial charge >= 0.3 is 18.3 Å². The van der Waals surface area contributed by atoms with E-state index < -0.39 is 23.6 Å². The molecule has 1 unspecified atom stereocenters. The van der Waals surface area contributed by atoms with Crippen LogP contribution in [0.15, 0.2) is 0 Å². The number of carboxylic acid groups (broad SMARTS) is 1. The van der Waals surface area contributed by atoms with Crippen molar-refractivity contribution in [3.63, 3.8) is 0 Å². The van der Waals surface area contributed by atoms with Gasteiger partial charge in [0.1, 0.15) is 11.6 Å². The van der Waals surface area contributed by atoms with E-state index in [1.165, 1.54) is 6.41 Å². The molecule has 6 heteroatoms. The monoisotopic (exact) mass is 230 g/mol. The third kappa shape index (κ3) is 6.80. The molecule has 1 atom stereocenters. The molecule has 0 fully saturated rings. The minimum absolute atomic E-state index is 0.0144. The zero-order valence-electron chi connectivity index (χ0n) is 9.57. The Kier molecular flexibility index (Phi) is 5.49. The number of carbonyl (C=O) groups excluding carboxylic acids is 2. The first-order chi connectivity index (χ1) is 7.26. The van der Waals surface area contributed by atoms with E-state index in [0.717, 1.165) is 0 Å². The number of esters is 1. The summed E-state index contributed by atoms with van der Waals surface area (Å²) in [5.41, 5.74) is -0.597. The van der Waals surface area contributed by atoms with E-state index in [1.807, 2.05) is 5.32 Å². The molecule has 0 aliphatic carbocycles. The first kappa shape index (κ1) is 14.4. The lowest BCUT2D eigenvalue weighted by Gasteiger charge is -2.20. The Hall–Kier alpha value is -1.59. The molecule has 0 rings (SSSR count). The Morgan fingerprint density at radius 3 is 2.38 bits per heavy atom. The molecule has 0 aromatic rings. The quantitative estimate of drug-likeness (QED) is 0.503. The van der Waals surface area contributed by atoms with Crippen molar-refractivity contribution in [1.29, 1.82) is 0 Å². The normalized spacial score (nSPS) is 12.7. The Labute approximate surface area is 94.0 Å². The molecule has 0 spiro atoms. The van der Waals surface area contributed by atoms with E-state index in [1.54, 1.807) is 20.8 Å². The Morgan fingerprint density at radius 2 is 2.00 bits per heavy atom. The van der Waals surface area contributed by atoms with Crippen molar-refractivity contribution in [3.8, 4) is 0 Å². The van der Waals surface area contributed by atoms with Crippen LogP contribution in [-0.2, 0) is 19.1 Å². The van der Waals surface area contributed by atoms with E-state index >= 15 is 0 Å². The van der Waals surface area contributed by atoms with Crippen molar-refractivity contribution in [2.24, 2.45) is 0 Å². The zero-order chi connectivity index (χ0) is 12.8. The standard InChI is InChI=1S/C10H16NO5/c1-10(2,3)16-8(13)5-4-7(9(14)15)11-6-12/h7H,4-5H2,1-3H3,(H,11,12)(H,14,15). The minimum Gasteiger partial charge on any atom is -0.480 e. The van der Waals surface area contributed by atoms with E-state index in [4.69, 9.17) is 9.84 Å². The average molecular weight is 230 g/mol. The molecule has 1 amide bonds. The van der Waals surface area contributed by atoms with Gasteiger partial charge in [-0.05, 0) is 27.2 Å². The smallest absolute Gasteiger partial charge is 0.326 e. The van der Waals surface area contributed by atoms with Crippen LogP contribution in [0, 0.1) is 0 Å². The topological polar surface area (TPSA) is 92.7 Å². The highest BCUT2D eigenvalue weighted by Gasteiger charge is 2.21. The fourth-order valence-electron chi connectivity index (χ4n) is 0.983. The first-order valence-electron chi connectivity index (χ1n) is 4.83. The predicted octanol–water partition coefficient (Wildman–Crippen LogP) is 0.218. The lowest BCUT2D eigenvalue weighted by atomic mass is 10.1. The van der Waals surface area contributed by atoms with E-state index in [2.05, 4.69) is 0 Å². The fraction of sp³-hybridized carbons (Fsp3) is 0.700. The van der Waals surface area contributed by atoms with Crippen molar-refractivity contribution < 1.29 is 24.2 Å². The van der Waals surface area contributed by atoms with Crippen LogP contribution in [0.3, 0.4) is 0 Å². The molecule has 1 radical (unpaired) electrons. The van der Waals surface area contributed by atoms with Crippen molar-refractivity contribution in [3.05, 3.63) is 0 Å². The summed E-state index contributed by atoms with van der Waals surface area (Å²) in [5.74, 6) is -1.70. The average Bonchev–Trinajstić information content (AvgIpc) is 2.08. The Balaban J connectivity index is 4.06. The SMILES string of the molecule is CC(C)(C)OC(=O)CCC(N[C]=O)C(=O)O. The van der Waals surface area contributed by atoms with Gasteiger partial charge in [-0.25, -0.2) is 4.79 Å². The van der Waals surface area contributed by atoms with Crippen LogP contribution < -0.4 is 5.32 Å². The van der Waals surface area contributed by atoms with Gasteiger partial charge in [0, 0.05) is 6.42 Å². The molecule has 6 nitrogen and oxygen atoms in total. The summed E-state index contributed by atoms with van der Waals surface area (Å²) in [6, 6.07) is -1.11. The molecule has 0 aromatic heterocycles. The van der Waals surface area contributed by atoms with Crippen LogP contribution in [0.1, 0.15) is 33.6 Å². The zero-order valence-corrected chi connectivity index (χ0v) is 9.57. The second kappa shape index (κ2) is 6.09. The summed E-state index contributed by atoms with van der Waals surface area (Å²) >= 11 is 0. The lowest BCUT2D eigenvalue weighted by Crippen LogP contribution is -2.36. The number of amides is 1. The molecular formula is C10H16NO5. The maximum Gasteiger partial charge on any atom is 0.326 e. The number of nitrogens with one attached hydrogen (secondary N) is 1. The van der Waals surface area contributed by atoms with Gasteiger partial charge in [-0.15, -0.1) is 0 Å². The summed E-state index contributed by atoms with van der Waals surface area (Å²) in [6.07, 6.45) is 1.21. The van der Waals surface area contributed by atoms with Gasteiger partial charge in [0.05, 0.1) is 0 Å². The van der Waals surface area contributed by atoms with Crippen LogP contribution in [0.25, 0.3) is 0 Å². The maximum absolute atomic E-state index is 11.2. The third-order valence-corrected chi connectivity index (χ3v) is 1.59. The van der Waals surface area contributed by atoms with E-state index in [-0.39, 0.29) is 12.8 Å². The van der Waals surface area contributed by atoms with Crippen LogP contribution in [0.5, 0.6) is 0 Å². The van der Waals surface area contributed by atoms with Crippen LogP contribution in [0.2, 0.25) is 0 Å². The summed E-state index contributed by atoms with van der Waals surface area (Å²) < 4.78 is 4.99. The summed E-state index contributed by atoms with van der Waals surface area (Å²) in [5, 5.41) is 10.6. The van der Waals surface area contributed by atoms with Crippen molar-refractivity contribution in [2.45, 2.75) is 45.3 Å². The van der Waals surface area contributed by atoms with Gasteiger partial charge in [0.25, 0.3) is 0 Å². The molecule has 91 valence electrons. The summed E-state index contributed by atoms with van der Waals surface area (Å²) in [6.45, 7) is 5.16. The fourth-order valence-corrected chi connectivity index (χ4v) is 0.983. The number of ether oxygens (including phenoxy) is 1. The second-order valence-corrected chi connectivity index (χ2v) is 4.26. The molecule has 2 N–H and O–H groups in total. The highest BCUT2D eigenvalue weighted by molar-refractivity contribution is 5.77. The Morgan fingerprint density at radius 1 is 1.44 bits per heavy atom. The van der Waals surface area contributed by atoms with Gasteiger partial charge in [0.2, 0.25) is 0 Å². The molecule has 16 heavy (non-hydrogen) atoms. The number of hydrogen-bond donors (Lipinski definition) is 2. The van der Waals surface area contributed by atoms with Gasteiger partial charge < -0.3 is 15.2 Å². The highest BCUT2D eigenvalue weighted by atomic mass is 16.6. The number of rotatable bonds is 6. The first-order valence-corrected chi connectivity index (χ1v) is 4.83. The highest BCUT2D eigenvalue weighted by Crippen LogP contribution is 2.09. The minimum atomic E-state index is -1.20. The molecule has 0 heterocycles. The summed E-state index contributed by atoms with van der Waals surface area (Å²) in [4.78, 5) is 31.8. The third-order valence-electron chi connectivity index (χ3n) is 1.59. The number of aliphatic carboxylic acids is 1.